The summed E-state index contributed by atoms with van der Waals surface area (Å²) in [6.45, 7) is 1.79. The summed E-state index contributed by atoms with van der Waals surface area (Å²) in [6, 6.07) is 14.0. The topological polar surface area (TPSA) is 73.9 Å². The number of hydrogen-bond donors (Lipinski definition) is 1. The Morgan fingerprint density at radius 2 is 1.85 bits per heavy atom. The van der Waals surface area contributed by atoms with Crippen molar-refractivity contribution in [2.24, 2.45) is 0 Å². The van der Waals surface area contributed by atoms with Gasteiger partial charge in [0.2, 0.25) is 0 Å². The fourth-order valence-electron chi connectivity index (χ4n) is 2.47. The summed E-state index contributed by atoms with van der Waals surface area (Å²) in [5.41, 5.74) is 1.82. The number of carbonyl (C=O) groups is 2. The monoisotopic (exact) mass is 373 g/mol. The Bertz CT molecular complexity index is 893. The van der Waals surface area contributed by atoms with Crippen LogP contribution in [0, 0.1) is 6.92 Å². The summed E-state index contributed by atoms with van der Waals surface area (Å²) >= 11 is 6.04. The average molecular weight is 374 g/mol. The molecule has 134 valence electrons. The molecule has 0 amide bonds. The van der Waals surface area contributed by atoms with Crippen LogP contribution in [0.2, 0.25) is 0 Å². The van der Waals surface area contributed by atoms with Crippen LogP contribution in [0.4, 0.5) is 5.69 Å². The first kappa shape index (κ1) is 17.8. The minimum atomic E-state index is -1.27. The second-order valence-electron chi connectivity index (χ2n) is 5.51. The first-order chi connectivity index (χ1) is 12.5. The van der Waals surface area contributed by atoms with Crippen molar-refractivity contribution in [1.82, 2.24) is 0 Å². The largest absolute Gasteiger partial charge is 0.495 e. The number of methoxy groups -OCH3 is 1. The van der Waals surface area contributed by atoms with E-state index in [0.717, 1.165) is 5.56 Å². The summed E-state index contributed by atoms with van der Waals surface area (Å²) in [4.78, 5) is 24.3. The van der Waals surface area contributed by atoms with Gasteiger partial charge >= 0.3 is 11.9 Å². The number of carbonyl (C=O) groups excluding carboxylic acids is 2. The molecule has 2 aromatic rings. The van der Waals surface area contributed by atoms with Crippen molar-refractivity contribution in [1.29, 1.82) is 0 Å². The Hall–Kier alpha value is -2.99. The number of esters is 2. The third-order valence-electron chi connectivity index (χ3n) is 3.82. The number of halogens is 1. The summed E-state index contributed by atoms with van der Waals surface area (Å²) in [7, 11) is 1.52. The van der Waals surface area contributed by atoms with Gasteiger partial charge < -0.3 is 19.5 Å². The molecule has 0 spiro atoms. The van der Waals surface area contributed by atoms with Crippen LogP contribution in [0.15, 0.2) is 59.3 Å². The number of aryl methyl sites for hydroxylation is 1. The van der Waals surface area contributed by atoms with Crippen LogP contribution in [-0.4, -0.2) is 25.3 Å². The maximum Gasteiger partial charge on any atom is 0.355 e. The first-order valence-electron chi connectivity index (χ1n) is 7.78. The predicted molar refractivity (Wildman–Crippen MR) is 96.0 cm³/mol. The van der Waals surface area contributed by atoms with Crippen molar-refractivity contribution in [3.63, 3.8) is 0 Å². The highest BCUT2D eigenvalue weighted by Gasteiger charge is 2.37. The van der Waals surface area contributed by atoms with Crippen LogP contribution >= 0.6 is 11.6 Å². The van der Waals surface area contributed by atoms with E-state index in [9.17, 15) is 9.59 Å². The number of ether oxygens (including phenoxy) is 3. The van der Waals surface area contributed by atoms with Crippen molar-refractivity contribution < 1.29 is 23.8 Å². The van der Waals surface area contributed by atoms with Gasteiger partial charge in [-0.3, -0.25) is 0 Å². The van der Waals surface area contributed by atoms with Gasteiger partial charge in [-0.15, -0.1) is 0 Å². The minimum Gasteiger partial charge on any atom is -0.495 e. The minimum absolute atomic E-state index is 0.142. The van der Waals surface area contributed by atoms with E-state index in [1.165, 1.54) is 7.11 Å². The number of anilines is 1. The lowest BCUT2D eigenvalue weighted by atomic mass is 10.1. The molecule has 0 radical (unpaired) electrons. The Kier molecular flexibility index (Phi) is 5.14. The lowest BCUT2D eigenvalue weighted by Crippen LogP contribution is -2.24. The van der Waals surface area contributed by atoms with Gasteiger partial charge in [-0.05, 0) is 30.7 Å². The molecule has 0 aromatic heterocycles. The molecular formula is C19H16ClNO5. The van der Waals surface area contributed by atoms with Crippen LogP contribution in [-0.2, 0) is 14.3 Å². The van der Waals surface area contributed by atoms with Crippen LogP contribution in [0.1, 0.15) is 15.9 Å². The number of cyclic esters (lactones) is 1. The van der Waals surface area contributed by atoms with Crippen LogP contribution in [0.3, 0.4) is 0 Å². The highest BCUT2D eigenvalue weighted by atomic mass is 35.5. The van der Waals surface area contributed by atoms with Crippen LogP contribution in [0.25, 0.3) is 0 Å². The van der Waals surface area contributed by atoms with Crippen molar-refractivity contribution in [3.05, 3.63) is 70.4 Å². The number of hydrogen-bond acceptors (Lipinski definition) is 6. The molecule has 0 fully saturated rings. The molecule has 26 heavy (non-hydrogen) atoms. The van der Waals surface area contributed by atoms with E-state index in [-0.39, 0.29) is 10.7 Å². The van der Waals surface area contributed by atoms with Gasteiger partial charge in [0.05, 0.1) is 18.4 Å². The zero-order valence-electron chi connectivity index (χ0n) is 14.1. The summed E-state index contributed by atoms with van der Waals surface area (Å²) < 4.78 is 15.7. The van der Waals surface area contributed by atoms with E-state index in [0.29, 0.717) is 17.0 Å². The summed E-state index contributed by atoms with van der Waals surface area (Å²) in [6.07, 6.45) is -1.27. The summed E-state index contributed by atoms with van der Waals surface area (Å²) in [5, 5.41) is 2.78. The van der Waals surface area contributed by atoms with Gasteiger partial charge in [0.25, 0.3) is 6.29 Å². The smallest absolute Gasteiger partial charge is 0.355 e. The number of para-hydroxylation sites is 2. The van der Waals surface area contributed by atoms with E-state index < -0.39 is 18.2 Å². The highest BCUT2D eigenvalue weighted by Crippen LogP contribution is 2.32. The van der Waals surface area contributed by atoms with Gasteiger partial charge in [0, 0.05) is 0 Å². The lowest BCUT2D eigenvalue weighted by molar-refractivity contribution is -0.152. The molecule has 0 unspecified atom stereocenters. The van der Waals surface area contributed by atoms with E-state index >= 15 is 0 Å². The van der Waals surface area contributed by atoms with Crippen molar-refractivity contribution >= 4 is 29.2 Å². The molecule has 0 bridgehead atoms. The van der Waals surface area contributed by atoms with E-state index in [1.807, 2.05) is 6.07 Å². The van der Waals surface area contributed by atoms with E-state index in [4.69, 9.17) is 25.8 Å². The standard InChI is InChI=1S/C19H16ClNO5/c1-11-7-3-4-8-12(11)17(22)25-19-16(15(20)18(23)26-19)21-13-9-5-6-10-14(13)24-2/h3-10,19,21H,1-2H3/t19-/m0/s1. The van der Waals surface area contributed by atoms with Gasteiger partial charge in [-0.2, -0.15) is 0 Å². The van der Waals surface area contributed by atoms with E-state index in [2.05, 4.69) is 5.32 Å². The first-order valence-corrected chi connectivity index (χ1v) is 8.16. The number of benzene rings is 2. The van der Waals surface area contributed by atoms with E-state index in [1.54, 1.807) is 49.4 Å². The second kappa shape index (κ2) is 7.49. The fraction of sp³-hybridized carbons (Fsp3) is 0.158. The molecule has 7 heteroatoms. The third-order valence-corrected chi connectivity index (χ3v) is 4.18. The molecule has 1 atom stereocenters. The van der Waals surface area contributed by atoms with Gasteiger partial charge in [-0.25, -0.2) is 9.59 Å². The quantitative estimate of drug-likeness (QED) is 0.807. The zero-order valence-corrected chi connectivity index (χ0v) is 14.9. The van der Waals surface area contributed by atoms with Gasteiger partial charge in [0.1, 0.15) is 11.4 Å². The predicted octanol–water partition coefficient (Wildman–Crippen LogP) is 3.61. The van der Waals surface area contributed by atoms with Crippen molar-refractivity contribution in [2.75, 3.05) is 12.4 Å². The molecule has 1 aliphatic rings. The Labute approximate surface area is 155 Å². The molecule has 1 aliphatic heterocycles. The molecule has 1 N–H and O–H groups in total. The zero-order chi connectivity index (χ0) is 18.7. The maximum atomic E-state index is 12.4. The van der Waals surface area contributed by atoms with Crippen molar-refractivity contribution in [2.45, 2.75) is 13.2 Å². The molecule has 1 heterocycles. The Balaban J connectivity index is 1.84. The van der Waals surface area contributed by atoms with Gasteiger partial charge in [0.15, 0.2) is 5.03 Å². The molecule has 0 aliphatic carbocycles. The van der Waals surface area contributed by atoms with Crippen LogP contribution < -0.4 is 10.1 Å². The lowest BCUT2D eigenvalue weighted by Gasteiger charge is -2.18. The maximum absolute atomic E-state index is 12.4. The third kappa shape index (κ3) is 3.50. The molecule has 0 saturated heterocycles. The van der Waals surface area contributed by atoms with Crippen molar-refractivity contribution in [3.8, 4) is 5.75 Å². The van der Waals surface area contributed by atoms with Crippen LogP contribution in [0.5, 0.6) is 5.75 Å². The molecule has 6 nitrogen and oxygen atoms in total. The molecular weight excluding hydrogens is 358 g/mol. The SMILES string of the molecule is COc1ccccc1NC1=C(Cl)C(=O)O[C@@H]1OC(=O)c1ccccc1C. The second-order valence-corrected chi connectivity index (χ2v) is 5.89. The Morgan fingerprint density at radius 3 is 2.58 bits per heavy atom. The normalized spacial score (nSPS) is 16.3. The average Bonchev–Trinajstić information content (AvgIpc) is 2.90. The Morgan fingerprint density at radius 1 is 1.15 bits per heavy atom. The fourth-order valence-corrected chi connectivity index (χ4v) is 2.65. The molecule has 2 aromatic carbocycles. The number of nitrogens with one attached hydrogen (secondary N) is 1. The summed E-state index contributed by atoms with van der Waals surface area (Å²) in [5.74, 6) is -0.856. The molecule has 0 saturated carbocycles. The molecule has 3 rings (SSSR count). The van der Waals surface area contributed by atoms with Gasteiger partial charge in [-0.1, -0.05) is 41.9 Å². The number of rotatable bonds is 5. The highest BCUT2D eigenvalue weighted by molar-refractivity contribution is 6.42.